The second kappa shape index (κ2) is 5.61. The summed E-state index contributed by atoms with van der Waals surface area (Å²) in [6.45, 7) is 2.02. The molecule has 1 unspecified atom stereocenters. The molecule has 1 atom stereocenters. The fourth-order valence-corrected chi connectivity index (χ4v) is 3.46. The van der Waals surface area contributed by atoms with Gasteiger partial charge in [-0.3, -0.25) is 4.68 Å². The Hall–Kier alpha value is -1.67. The Balaban J connectivity index is 2.03. The quantitative estimate of drug-likeness (QED) is 0.718. The lowest BCUT2D eigenvalue weighted by molar-refractivity contribution is 0.458. The van der Waals surface area contributed by atoms with E-state index in [1.165, 1.54) is 6.33 Å². The van der Waals surface area contributed by atoms with Gasteiger partial charge in [0.05, 0.1) is 16.2 Å². The summed E-state index contributed by atoms with van der Waals surface area (Å²) in [5.41, 5.74) is 0.689. The summed E-state index contributed by atoms with van der Waals surface area (Å²) in [6.07, 6.45) is 3.02. The molecule has 0 amide bonds. The third-order valence-corrected chi connectivity index (χ3v) is 4.76. The van der Waals surface area contributed by atoms with Crippen LogP contribution in [0.25, 0.3) is 10.9 Å². The number of nitrogens with zero attached hydrogens (tertiary/aromatic N) is 5. The zero-order valence-corrected chi connectivity index (χ0v) is 13.8. The van der Waals surface area contributed by atoms with Crippen molar-refractivity contribution in [3.63, 3.8) is 0 Å². The van der Waals surface area contributed by atoms with Crippen LogP contribution in [-0.4, -0.2) is 29.8 Å². The normalized spacial score (nSPS) is 12.7. The number of aromatic nitrogens is 5. The highest BCUT2D eigenvalue weighted by molar-refractivity contribution is 9.10. The van der Waals surface area contributed by atoms with Crippen LogP contribution < -0.4 is 0 Å². The average molecular weight is 366 g/mol. The van der Waals surface area contributed by atoms with Crippen LogP contribution in [0.3, 0.4) is 0 Å². The summed E-state index contributed by atoms with van der Waals surface area (Å²) in [5, 5.41) is 15.0. The lowest BCUT2D eigenvalue weighted by Crippen LogP contribution is -1.95. The molecule has 2 heterocycles. The van der Waals surface area contributed by atoms with E-state index >= 15 is 0 Å². The van der Waals surface area contributed by atoms with E-state index in [1.54, 1.807) is 22.8 Å². The largest absolute Gasteiger partial charge is 0.493 e. The number of halogens is 1. The van der Waals surface area contributed by atoms with Gasteiger partial charge in [0.25, 0.3) is 0 Å². The molecule has 0 aliphatic rings. The Morgan fingerprint density at radius 2 is 2.10 bits per heavy atom. The molecular weight excluding hydrogens is 354 g/mol. The first-order chi connectivity index (χ1) is 10.1. The maximum Gasteiger partial charge on any atom is 0.223 e. The molecule has 0 aliphatic heterocycles. The van der Waals surface area contributed by atoms with E-state index in [2.05, 4.69) is 36.0 Å². The van der Waals surface area contributed by atoms with Crippen LogP contribution in [0.5, 0.6) is 5.88 Å². The Morgan fingerprint density at radius 1 is 1.29 bits per heavy atom. The predicted molar refractivity (Wildman–Crippen MR) is 84.2 cm³/mol. The van der Waals surface area contributed by atoms with Gasteiger partial charge >= 0.3 is 0 Å². The van der Waals surface area contributed by atoms with E-state index in [4.69, 9.17) is 0 Å². The molecule has 0 aliphatic carbocycles. The van der Waals surface area contributed by atoms with Crippen LogP contribution >= 0.6 is 27.7 Å². The number of benzene rings is 1. The van der Waals surface area contributed by atoms with Gasteiger partial charge in [-0.1, -0.05) is 0 Å². The molecular formula is C13H12BrN5OS. The van der Waals surface area contributed by atoms with E-state index in [9.17, 15) is 5.11 Å². The summed E-state index contributed by atoms with van der Waals surface area (Å²) in [7, 11) is 1.84. The number of aryl methyl sites for hydroxylation is 1. The monoisotopic (exact) mass is 365 g/mol. The Kier molecular flexibility index (Phi) is 3.81. The standard InChI is InChI=1S/C13H12BrN5OS/c1-7(12-17-6-19(2)18-12)21-9-4-3-8(14)11-10(9)13(20)16-5-15-11/h3-7H,1-2H3,(H,15,16,20). The van der Waals surface area contributed by atoms with Gasteiger partial charge in [0.2, 0.25) is 5.88 Å². The van der Waals surface area contributed by atoms with Crippen LogP contribution in [0.2, 0.25) is 0 Å². The van der Waals surface area contributed by atoms with Crippen molar-refractivity contribution in [2.45, 2.75) is 17.1 Å². The van der Waals surface area contributed by atoms with Crippen molar-refractivity contribution < 1.29 is 5.11 Å². The van der Waals surface area contributed by atoms with E-state index < -0.39 is 0 Å². The first-order valence-corrected chi connectivity index (χ1v) is 7.88. The summed E-state index contributed by atoms with van der Waals surface area (Å²) in [4.78, 5) is 13.2. The molecule has 0 fully saturated rings. The smallest absolute Gasteiger partial charge is 0.223 e. The molecule has 0 radical (unpaired) electrons. The van der Waals surface area contributed by atoms with Crippen molar-refractivity contribution in [1.29, 1.82) is 0 Å². The molecule has 108 valence electrons. The minimum absolute atomic E-state index is 0.0232. The molecule has 6 nitrogen and oxygen atoms in total. The lowest BCUT2D eigenvalue weighted by atomic mass is 10.2. The summed E-state index contributed by atoms with van der Waals surface area (Å²) < 4.78 is 2.50. The molecule has 0 saturated carbocycles. The van der Waals surface area contributed by atoms with Gasteiger partial charge in [-0.2, -0.15) is 5.10 Å². The number of hydrogen-bond donors (Lipinski definition) is 1. The Labute approximate surface area is 133 Å². The minimum Gasteiger partial charge on any atom is -0.493 e. The third kappa shape index (κ3) is 2.73. The fourth-order valence-electron chi connectivity index (χ4n) is 1.98. The average Bonchev–Trinajstić information content (AvgIpc) is 2.89. The highest BCUT2D eigenvalue weighted by atomic mass is 79.9. The van der Waals surface area contributed by atoms with Gasteiger partial charge < -0.3 is 5.11 Å². The van der Waals surface area contributed by atoms with Crippen molar-refractivity contribution in [3.8, 4) is 5.88 Å². The molecule has 1 aromatic carbocycles. The van der Waals surface area contributed by atoms with E-state index in [0.717, 1.165) is 15.2 Å². The lowest BCUT2D eigenvalue weighted by Gasteiger charge is -2.11. The molecule has 3 rings (SSSR count). The minimum atomic E-state index is -0.0232. The van der Waals surface area contributed by atoms with Crippen LogP contribution in [0.1, 0.15) is 18.0 Å². The first-order valence-electron chi connectivity index (χ1n) is 6.20. The van der Waals surface area contributed by atoms with Crippen molar-refractivity contribution in [1.82, 2.24) is 24.7 Å². The van der Waals surface area contributed by atoms with Crippen molar-refractivity contribution >= 4 is 38.6 Å². The van der Waals surface area contributed by atoms with Gasteiger partial charge in [0.1, 0.15) is 12.7 Å². The van der Waals surface area contributed by atoms with Crippen LogP contribution in [-0.2, 0) is 7.05 Å². The van der Waals surface area contributed by atoms with Gasteiger partial charge in [-0.15, -0.1) is 11.8 Å². The van der Waals surface area contributed by atoms with Crippen molar-refractivity contribution in [2.75, 3.05) is 0 Å². The Morgan fingerprint density at radius 3 is 2.81 bits per heavy atom. The molecule has 0 spiro atoms. The zero-order valence-electron chi connectivity index (χ0n) is 11.4. The van der Waals surface area contributed by atoms with Gasteiger partial charge in [-0.05, 0) is 35.0 Å². The number of aromatic hydroxyl groups is 1. The fraction of sp³-hybridized carbons (Fsp3) is 0.231. The maximum atomic E-state index is 10.0. The maximum absolute atomic E-state index is 10.0. The molecule has 8 heteroatoms. The predicted octanol–water partition coefficient (Wildman–Crippen LogP) is 3.08. The van der Waals surface area contributed by atoms with Gasteiger partial charge in [0.15, 0.2) is 5.82 Å². The molecule has 3 aromatic rings. The van der Waals surface area contributed by atoms with Crippen molar-refractivity contribution in [3.05, 3.63) is 35.1 Å². The summed E-state index contributed by atoms with van der Waals surface area (Å²) >= 11 is 5.00. The third-order valence-electron chi connectivity index (χ3n) is 2.97. The van der Waals surface area contributed by atoms with Crippen LogP contribution in [0, 0.1) is 0 Å². The zero-order chi connectivity index (χ0) is 15.0. The van der Waals surface area contributed by atoms with E-state index in [0.29, 0.717) is 10.9 Å². The topological polar surface area (TPSA) is 76.7 Å². The van der Waals surface area contributed by atoms with Crippen molar-refractivity contribution in [2.24, 2.45) is 7.05 Å². The second-order valence-corrected chi connectivity index (χ2v) is 6.74. The van der Waals surface area contributed by atoms with E-state index in [-0.39, 0.29) is 11.1 Å². The van der Waals surface area contributed by atoms with Gasteiger partial charge in [0, 0.05) is 16.4 Å². The molecule has 0 saturated heterocycles. The van der Waals surface area contributed by atoms with Gasteiger partial charge in [-0.25, -0.2) is 15.0 Å². The molecule has 2 aromatic heterocycles. The molecule has 0 bridgehead atoms. The van der Waals surface area contributed by atoms with Crippen LogP contribution in [0.15, 0.2) is 34.2 Å². The second-order valence-electron chi connectivity index (χ2n) is 4.50. The summed E-state index contributed by atoms with van der Waals surface area (Å²) in [5.74, 6) is 0.722. The number of rotatable bonds is 3. The highest BCUT2D eigenvalue weighted by Crippen LogP contribution is 2.41. The van der Waals surface area contributed by atoms with E-state index in [1.807, 2.05) is 26.1 Å². The van der Waals surface area contributed by atoms with Crippen LogP contribution in [0.4, 0.5) is 0 Å². The molecule has 1 N–H and O–H groups in total. The number of thioether (sulfide) groups is 1. The number of fused-ring (bicyclic) bond motifs is 1. The molecule has 21 heavy (non-hydrogen) atoms. The number of hydrogen-bond acceptors (Lipinski definition) is 6. The first kappa shape index (κ1) is 14.3. The SMILES string of the molecule is CC(Sc1ccc(Br)c2ncnc(O)c12)c1ncn(C)n1. The Bertz CT molecular complexity index is 806. The summed E-state index contributed by atoms with van der Waals surface area (Å²) in [6, 6.07) is 3.84. The highest BCUT2D eigenvalue weighted by Gasteiger charge is 2.17.